The van der Waals surface area contributed by atoms with E-state index in [1.807, 2.05) is 36.4 Å². The second-order valence-electron chi connectivity index (χ2n) is 2.62. The van der Waals surface area contributed by atoms with Gasteiger partial charge in [0, 0.05) is 0 Å². The third kappa shape index (κ3) is 5.33. The molecular formula is C11H11NO4. The lowest BCUT2D eigenvalue weighted by molar-refractivity contribution is -0.420. The normalized spacial score (nSPS) is 8.25. The Kier molecular flexibility index (Phi) is 5.89. The van der Waals surface area contributed by atoms with E-state index in [0.717, 1.165) is 0 Å². The van der Waals surface area contributed by atoms with Crippen molar-refractivity contribution in [2.24, 2.45) is 0 Å². The van der Waals surface area contributed by atoms with Gasteiger partial charge in [0.2, 0.25) is 0 Å². The largest absolute Gasteiger partial charge is 0.473 e. The summed E-state index contributed by atoms with van der Waals surface area (Å²) in [6.07, 6.45) is 1.83. The minimum absolute atomic E-state index is 1.01. The van der Waals surface area contributed by atoms with Gasteiger partial charge in [-0.3, -0.25) is 10.1 Å². The molecule has 0 aliphatic rings. The maximum atomic E-state index is 9.60. The molecule has 1 aromatic rings. The molecule has 84 valence electrons. The Bertz CT molecular complexity index is 382. The monoisotopic (exact) mass is 221 g/mol. The predicted molar refractivity (Wildman–Crippen MR) is 60.3 cm³/mol. The molecule has 16 heavy (non-hydrogen) atoms. The Hall–Kier alpha value is -2.43. The van der Waals surface area contributed by atoms with Gasteiger partial charge in [-0.15, -0.1) is 0 Å². The molecule has 5 nitrogen and oxygen atoms in total. The fourth-order valence-corrected chi connectivity index (χ4v) is 0.667. The molecule has 5 heteroatoms. The number of benzene rings is 1. The maximum absolute atomic E-state index is 9.60. The van der Waals surface area contributed by atoms with Crippen LogP contribution in [-0.2, 0) is 4.79 Å². The van der Waals surface area contributed by atoms with E-state index in [4.69, 9.17) is 5.11 Å². The van der Waals surface area contributed by atoms with Gasteiger partial charge in [0.25, 0.3) is 0 Å². The second kappa shape index (κ2) is 6.94. The highest BCUT2D eigenvalue weighted by molar-refractivity contribution is 5.82. The zero-order valence-corrected chi connectivity index (χ0v) is 8.50. The molecule has 0 aromatic heterocycles. The molecule has 0 atom stereocenters. The summed E-state index contributed by atoms with van der Waals surface area (Å²) in [6, 6.07) is 10.0. The number of hydrogen-bond donors (Lipinski definition) is 1. The van der Waals surface area contributed by atoms with Crippen LogP contribution in [0.3, 0.4) is 0 Å². The first kappa shape index (κ1) is 13.6. The van der Waals surface area contributed by atoms with Crippen molar-refractivity contribution in [1.82, 2.24) is 0 Å². The van der Waals surface area contributed by atoms with Crippen molar-refractivity contribution in [1.29, 1.82) is 0 Å². The van der Waals surface area contributed by atoms with Crippen LogP contribution in [0.2, 0.25) is 0 Å². The van der Waals surface area contributed by atoms with Crippen LogP contribution in [0, 0.1) is 10.1 Å². The molecule has 0 radical (unpaired) electrons. The van der Waals surface area contributed by atoms with Crippen molar-refractivity contribution in [3.63, 3.8) is 0 Å². The summed E-state index contributed by atoms with van der Waals surface area (Å²) in [4.78, 5) is 18.0. The summed E-state index contributed by atoms with van der Waals surface area (Å²) < 4.78 is 0. The standard InChI is InChI=1S/C8H8.C3H3NO4/c1-2-8-6-4-3-5-7-8;1-2(3(5)6)4(7)8/h2-7H,1H2;1H2,(H,5,6). The van der Waals surface area contributed by atoms with E-state index >= 15 is 0 Å². The summed E-state index contributed by atoms with van der Waals surface area (Å²) in [5.41, 5.74) is 0.164. The van der Waals surface area contributed by atoms with Gasteiger partial charge >= 0.3 is 11.7 Å². The number of carboxylic acids is 1. The first-order valence-corrected chi connectivity index (χ1v) is 4.23. The van der Waals surface area contributed by atoms with E-state index in [0.29, 0.717) is 0 Å². The number of nitrogens with zero attached hydrogens (tertiary/aromatic N) is 1. The van der Waals surface area contributed by atoms with E-state index < -0.39 is 16.6 Å². The highest BCUT2D eigenvalue weighted by atomic mass is 16.6. The van der Waals surface area contributed by atoms with E-state index in [9.17, 15) is 14.9 Å². The summed E-state index contributed by atoms with van der Waals surface area (Å²) in [5.74, 6) is -1.60. The lowest BCUT2D eigenvalue weighted by atomic mass is 10.2. The highest BCUT2D eigenvalue weighted by Crippen LogP contribution is 1.97. The molecule has 0 aliphatic heterocycles. The van der Waals surface area contributed by atoms with Crippen LogP contribution in [0.4, 0.5) is 0 Å². The number of nitro groups is 1. The van der Waals surface area contributed by atoms with Crippen molar-refractivity contribution >= 4 is 12.0 Å². The summed E-state index contributed by atoms with van der Waals surface area (Å²) in [6.45, 7) is 6.29. The minimum atomic E-state index is -1.60. The molecule has 0 bridgehead atoms. The number of rotatable bonds is 3. The minimum Gasteiger partial charge on any atom is -0.473 e. The molecule has 1 aromatic carbocycles. The van der Waals surface area contributed by atoms with Gasteiger partial charge in [0.15, 0.2) is 0 Å². The van der Waals surface area contributed by atoms with Crippen LogP contribution in [0.15, 0.2) is 49.2 Å². The zero-order valence-electron chi connectivity index (χ0n) is 8.50. The first-order chi connectivity index (χ1) is 7.49. The Balaban J connectivity index is 0.000000281. The SMILES string of the molecule is C=C(C(=O)O)[N+](=O)[O-].C=Cc1ccccc1. The van der Waals surface area contributed by atoms with Crippen molar-refractivity contribution in [3.05, 3.63) is 64.9 Å². The first-order valence-electron chi connectivity index (χ1n) is 4.23. The maximum Gasteiger partial charge on any atom is 0.406 e. The average Bonchev–Trinajstić information content (AvgIpc) is 2.29. The molecule has 1 rings (SSSR count). The molecule has 0 aliphatic carbocycles. The molecular weight excluding hydrogens is 210 g/mol. The molecule has 0 saturated heterocycles. The van der Waals surface area contributed by atoms with E-state index in [1.165, 1.54) is 5.56 Å². The second-order valence-corrected chi connectivity index (χ2v) is 2.62. The fraction of sp³-hybridized carbons (Fsp3) is 0. The highest BCUT2D eigenvalue weighted by Gasteiger charge is 2.15. The van der Waals surface area contributed by atoms with Crippen molar-refractivity contribution in [3.8, 4) is 0 Å². The van der Waals surface area contributed by atoms with Gasteiger partial charge in [-0.2, -0.15) is 0 Å². The van der Waals surface area contributed by atoms with Crippen LogP contribution >= 0.6 is 0 Å². The van der Waals surface area contributed by atoms with Gasteiger partial charge in [-0.1, -0.05) is 43.0 Å². The van der Waals surface area contributed by atoms with Gasteiger partial charge in [-0.05, 0) is 12.1 Å². The molecule has 0 saturated carbocycles. The number of aliphatic carboxylic acids is 1. The molecule has 0 unspecified atom stereocenters. The van der Waals surface area contributed by atoms with Crippen molar-refractivity contribution in [2.75, 3.05) is 0 Å². The predicted octanol–water partition coefficient (Wildman–Crippen LogP) is 2.19. The smallest absolute Gasteiger partial charge is 0.406 e. The molecule has 0 heterocycles. The van der Waals surface area contributed by atoms with E-state index in [-0.39, 0.29) is 0 Å². The van der Waals surface area contributed by atoms with Gasteiger partial charge in [0.05, 0.1) is 4.92 Å². The average molecular weight is 221 g/mol. The van der Waals surface area contributed by atoms with Crippen LogP contribution in [-0.4, -0.2) is 16.0 Å². The third-order valence-corrected chi connectivity index (χ3v) is 1.50. The Morgan fingerprint density at radius 2 is 1.88 bits per heavy atom. The summed E-state index contributed by atoms with van der Waals surface area (Å²) in [5, 5.41) is 17.3. The topological polar surface area (TPSA) is 80.4 Å². The number of carbonyl (C=O) groups is 1. The summed E-state index contributed by atoms with van der Waals surface area (Å²) >= 11 is 0. The third-order valence-electron chi connectivity index (χ3n) is 1.50. The number of hydrogen-bond acceptors (Lipinski definition) is 3. The van der Waals surface area contributed by atoms with Gasteiger partial charge in [0.1, 0.15) is 0 Å². The van der Waals surface area contributed by atoms with Gasteiger partial charge in [-0.25, -0.2) is 4.79 Å². The lowest BCUT2D eigenvalue weighted by Gasteiger charge is -1.85. The van der Waals surface area contributed by atoms with Crippen LogP contribution in [0.1, 0.15) is 5.56 Å². The molecule has 0 amide bonds. The van der Waals surface area contributed by atoms with Gasteiger partial charge < -0.3 is 5.11 Å². The zero-order chi connectivity index (χ0) is 12.6. The summed E-state index contributed by atoms with van der Waals surface area (Å²) in [7, 11) is 0. The fourth-order valence-electron chi connectivity index (χ4n) is 0.667. The quantitative estimate of drug-likeness (QED) is 0.482. The molecule has 1 N–H and O–H groups in total. The number of carboxylic acid groups (broad SMARTS) is 1. The lowest BCUT2D eigenvalue weighted by Crippen LogP contribution is -2.07. The Labute approximate surface area is 92.5 Å². The Morgan fingerprint density at radius 1 is 1.38 bits per heavy atom. The van der Waals surface area contributed by atoms with E-state index in [1.54, 1.807) is 0 Å². The Morgan fingerprint density at radius 3 is 2.06 bits per heavy atom. The van der Waals surface area contributed by atoms with Crippen LogP contribution < -0.4 is 0 Å². The van der Waals surface area contributed by atoms with Crippen molar-refractivity contribution < 1.29 is 14.8 Å². The van der Waals surface area contributed by atoms with Crippen LogP contribution in [0.5, 0.6) is 0 Å². The molecule has 0 fully saturated rings. The van der Waals surface area contributed by atoms with Crippen molar-refractivity contribution in [2.45, 2.75) is 0 Å². The molecule has 0 spiro atoms. The van der Waals surface area contributed by atoms with E-state index in [2.05, 4.69) is 13.2 Å². The van der Waals surface area contributed by atoms with Crippen LogP contribution in [0.25, 0.3) is 6.08 Å².